The van der Waals surface area contributed by atoms with E-state index in [0.29, 0.717) is 17.9 Å². The number of amides is 1. The lowest BCUT2D eigenvalue weighted by molar-refractivity contribution is -0.119. The van der Waals surface area contributed by atoms with E-state index in [4.69, 9.17) is 4.74 Å². The molecule has 0 spiro atoms. The maximum atomic E-state index is 12.7. The largest absolute Gasteiger partial charge is 0.495 e. The molecular formula is C21H20N6O2S. The first-order valence-corrected chi connectivity index (χ1v) is 10.5. The van der Waals surface area contributed by atoms with E-state index in [1.165, 1.54) is 4.88 Å². The van der Waals surface area contributed by atoms with Crippen LogP contribution in [-0.2, 0) is 11.2 Å². The van der Waals surface area contributed by atoms with Crippen molar-refractivity contribution in [2.75, 3.05) is 12.4 Å². The predicted octanol–water partition coefficient (Wildman–Crippen LogP) is 3.64. The number of aromatic nitrogens is 5. The molecule has 30 heavy (non-hydrogen) atoms. The fourth-order valence-electron chi connectivity index (χ4n) is 3.68. The fraction of sp³-hybridized carbons (Fsp3) is 0.238. The Bertz CT molecular complexity index is 1220. The van der Waals surface area contributed by atoms with Crippen molar-refractivity contribution in [1.29, 1.82) is 0 Å². The Morgan fingerprint density at radius 2 is 2.17 bits per heavy atom. The van der Waals surface area contributed by atoms with Crippen LogP contribution in [0, 0.1) is 6.92 Å². The number of anilines is 1. The summed E-state index contributed by atoms with van der Waals surface area (Å²) in [5, 5.41) is 13.6. The van der Waals surface area contributed by atoms with Gasteiger partial charge in [-0.3, -0.25) is 4.79 Å². The number of aryl methyl sites for hydroxylation is 2. The normalized spacial score (nSPS) is 16.1. The van der Waals surface area contributed by atoms with Crippen molar-refractivity contribution in [3.63, 3.8) is 0 Å². The molecule has 4 heterocycles. The first kappa shape index (κ1) is 18.6. The molecule has 1 N–H and O–H groups in total. The SMILES string of the molecule is COc1cc(-c2cn(C3CCc4sccc4NC3=O)nn2)ccc1-n1cnc(C)c1. The summed E-state index contributed by atoms with van der Waals surface area (Å²) in [5.41, 5.74) is 4.28. The van der Waals surface area contributed by atoms with Crippen LogP contribution in [-0.4, -0.2) is 37.6 Å². The number of rotatable bonds is 4. The molecule has 1 aromatic carbocycles. The zero-order chi connectivity index (χ0) is 20.7. The number of hydrogen-bond acceptors (Lipinski definition) is 6. The summed E-state index contributed by atoms with van der Waals surface area (Å²) < 4.78 is 9.16. The minimum absolute atomic E-state index is 0.0630. The van der Waals surface area contributed by atoms with E-state index in [2.05, 4.69) is 20.6 Å². The van der Waals surface area contributed by atoms with Gasteiger partial charge in [-0.15, -0.1) is 16.4 Å². The van der Waals surface area contributed by atoms with Gasteiger partial charge in [0.15, 0.2) is 0 Å². The number of fused-ring (bicyclic) bond motifs is 1. The molecule has 152 valence electrons. The van der Waals surface area contributed by atoms with Crippen LogP contribution < -0.4 is 10.1 Å². The minimum Gasteiger partial charge on any atom is -0.495 e. The van der Waals surface area contributed by atoms with Crippen molar-refractivity contribution in [3.05, 3.63) is 58.9 Å². The molecule has 0 saturated heterocycles. The van der Waals surface area contributed by atoms with Crippen LogP contribution in [0.1, 0.15) is 23.0 Å². The van der Waals surface area contributed by atoms with Gasteiger partial charge in [0.05, 0.1) is 36.7 Å². The van der Waals surface area contributed by atoms with Crippen molar-refractivity contribution in [3.8, 4) is 22.7 Å². The van der Waals surface area contributed by atoms with Crippen LogP contribution >= 0.6 is 11.3 Å². The third kappa shape index (κ3) is 3.26. The van der Waals surface area contributed by atoms with E-state index in [-0.39, 0.29) is 11.9 Å². The highest BCUT2D eigenvalue weighted by Crippen LogP contribution is 2.32. The summed E-state index contributed by atoms with van der Waals surface area (Å²) in [4.78, 5) is 18.2. The maximum Gasteiger partial charge on any atom is 0.249 e. The molecule has 9 heteroatoms. The van der Waals surface area contributed by atoms with Gasteiger partial charge in [-0.2, -0.15) is 0 Å². The molecule has 0 fully saturated rings. The molecule has 0 saturated carbocycles. The van der Waals surface area contributed by atoms with Gasteiger partial charge in [-0.25, -0.2) is 9.67 Å². The standard InChI is InChI=1S/C21H20N6O2S/c1-13-10-26(12-22-13)17-4-3-14(9-19(17)29-2)16-11-27(25-24-16)18-5-6-20-15(7-8-30-20)23-21(18)28/h3-4,7-12,18H,5-6H2,1-2H3,(H,23,28). The van der Waals surface area contributed by atoms with E-state index in [9.17, 15) is 4.79 Å². The molecule has 0 radical (unpaired) electrons. The summed E-state index contributed by atoms with van der Waals surface area (Å²) >= 11 is 1.66. The topological polar surface area (TPSA) is 86.9 Å². The monoisotopic (exact) mass is 420 g/mol. The van der Waals surface area contributed by atoms with Crippen LogP contribution in [0.25, 0.3) is 16.9 Å². The number of nitrogens with one attached hydrogen (secondary N) is 1. The number of ether oxygens (including phenoxy) is 1. The first-order chi connectivity index (χ1) is 14.6. The molecule has 4 aromatic rings. The highest BCUT2D eigenvalue weighted by Gasteiger charge is 2.27. The summed E-state index contributed by atoms with van der Waals surface area (Å²) in [5.74, 6) is 0.642. The molecule has 1 aliphatic heterocycles. The van der Waals surface area contributed by atoms with E-state index >= 15 is 0 Å². The number of hydrogen-bond donors (Lipinski definition) is 1. The van der Waals surface area contributed by atoms with E-state index < -0.39 is 0 Å². The predicted molar refractivity (Wildman–Crippen MR) is 114 cm³/mol. The minimum atomic E-state index is -0.388. The van der Waals surface area contributed by atoms with Crippen molar-refractivity contribution >= 4 is 22.9 Å². The van der Waals surface area contributed by atoms with Gasteiger partial charge < -0.3 is 14.6 Å². The number of methoxy groups -OCH3 is 1. The van der Waals surface area contributed by atoms with Gasteiger partial charge in [0, 0.05) is 16.6 Å². The number of imidazole rings is 1. The molecule has 5 rings (SSSR count). The quantitative estimate of drug-likeness (QED) is 0.545. The van der Waals surface area contributed by atoms with Crippen molar-refractivity contribution in [2.45, 2.75) is 25.8 Å². The average Bonchev–Trinajstić information content (AvgIpc) is 3.48. The second-order valence-electron chi connectivity index (χ2n) is 7.19. The van der Waals surface area contributed by atoms with Crippen LogP contribution in [0.3, 0.4) is 0 Å². The lowest BCUT2D eigenvalue weighted by Gasteiger charge is -2.12. The van der Waals surface area contributed by atoms with Gasteiger partial charge in [-0.1, -0.05) is 11.3 Å². The number of thiophene rings is 1. The molecule has 8 nitrogen and oxygen atoms in total. The molecule has 3 aromatic heterocycles. The summed E-state index contributed by atoms with van der Waals surface area (Å²) in [6.07, 6.45) is 7.03. The zero-order valence-electron chi connectivity index (χ0n) is 16.6. The Balaban J connectivity index is 1.43. The molecule has 1 aliphatic rings. The van der Waals surface area contributed by atoms with Crippen LogP contribution in [0.2, 0.25) is 0 Å². The lowest BCUT2D eigenvalue weighted by atomic mass is 10.1. The Kier molecular flexibility index (Phi) is 4.59. The zero-order valence-corrected chi connectivity index (χ0v) is 17.4. The maximum absolute atomic E-state index is 12.7. The lowest BCUT2D eigenvalue weighted by Crippen LogP contribution is -2.25. The number of carbonyl (C=O) groups is 1. The smallest absolute Gasteiger partial charge is 0.249 e. The van der Waals surface area contributed by atoms with Gasteiger partial charge in [0.2, 0.25) is 5.91 Å². The number of nitrogens with zero attached hydrogens (tertiary/aromatic N) is 5. The third-order valence-corrected chi connectivity index (χ3v) is 6.23. The van der Waals surface area contributed by atoms with Crippen LogP contribution in [0.15, 0.2) is 48.4 Å². The fourth-order valence-corrected chi connectivity index (χ4v) is 4.53. The van der Waals surface area contributed by atoms with E-state index in [1.54, 1.807) is 29.5 Å². The second-order valence-corrected chi connectivity index (χ2v) is 8.19. The highest BCUT2D eigenvalue weighted by molar-refractivity contribution is 7.10. The van der Waals surface area contributed by atoms with E-state index in [1.807, 2.05) is 53.5 Å². The summed E-state index contributed by atoms with van der Waals surface area (Å²) in [7, 11) is 1.64. The molecule has 0 bridgehead atoms. The Labute approximate surface area is 177 Å². The Morgan fingerprint density at radius 3 is 2.97 bits per heavy atom. The van der Waals surface area contributed by atoms with Crippen LogP contribution in [0.4, 0.5) is 5.69 Å². The summed E-state index contributed by atoms with van der Waals surface area (Å²) in [6.45, 7) is 1.94. The molecule has 1 atom stereocenters. The van der Waals surface area contributed by atoms with Crippen LogP contribution in [0.5, 0.6) is 5.75 Å². The van der Waals surface area contributed by atoms with Gasteiger partial charge >= 0.3 is 0 Å². The molecule has 0 aliphatic carbocycles. The van der Waals surface area contributed by atoms with Gasteiger partial charge in [-0.05, 0) is 43.3 Å². The second kappa shape index (κ2) is 7.42. The summed E-state index contributed by atoms with van der Waals surface area (Å²) in [6, 6.07) is 7.41. The van der Waals surface area contributed by atoms with Crippen molar-refractivity contribution in [1.82, 2.24) is 24.5 Å². The van der Waals surface area contributed by atoms with Crippen molar-refractivity contribution < 1.29 is 9.53 Å². The number of carbonyl (C=O) groups excluding carboxylic acids is 1. The first-order valence-electron chi connectivity index (χ1n) is 9.61. The molecular weight excluding hydrogens is 400 g/mol. The highest BCUT2D eigenvalue weighted by atomic mass is 32.1. The molecule has 1 amide bonds. The Hall–Kier alpha value is -3.46. The third-order valence-electron chi connectivity index (χ3n) is 5.25. The Morgan fingerprint density at radius 1 is 1.27 bits per heavy atom. The molecule has 1 unspecified atom stereocenters. The van der Waals surface area contributed by atoms with Crippen molar-refractivity contribution in [2.24, 2.45) is 0 Å². The van der Waals surface area contributed by atoms with Gasteiger partial charge in [0.1, 0.15) is 17.5 Å². The van der Waals surface area contributed by atoms with E-state index in [0.717, 1.165) is 29.1 Å². The van der Waals surface area contributed by atoms with Gasteiger partial charge in [0.25, 0.3) is 0 Å². The average molecular weight is 420 g/mol. The number of benzene rings is 1.